The van der Waals surface area contributed by atoms with Crippen LogP contribution in [0.3, 0.4) is 0 Å². The van der Waals surface area contributed by atoms with E-state index in [4.69, 9.17) is 9.47 Å². The Bertz CT molecular complexity index is 1350. The normalized spacial score (nSPS) is 10.6. The summed E-state index contributed by atoms with van der Waals surface area (Å²) < 4.78 is 12.4. The summed E-state index contributed by atoms with van der Waals surface area (Å²) in [6, 6.07) is 18.1. The van der Waals surface area contributed by atoms with Gasteiger partial charge in [-0.1, -0.05) is 18.2 Å². The summed E-state index contributed by atoms with van der Waals surface area (Å²) in [5.74, 6) is 1.27. The zero-order valence-electron chi connectivity index (χ0n) is 17.3. The summed E-state index contributed by atoms with van der Waals surface area (Å²) in [5, 5.41) is 15.9. The van der Waals surface area contributed by atoms with E-state index in [1.807, 2.05) is 18.2 Å². The number of benzene rings is 2. The number of aryl methyl sites for hydroxylation is 1. The lowest BCUT2D eigenvalue weighted by Gasteiger charge is -2.15. The van der Waals surface area contributed by atoms with Gasteiger partial charge in [-0.25, -0.2) is 9.67 Å². The first-order valence-corrected chi connectivity index (χ1v) is 9.57. The van der Waals surface area contributed by atoms with Crippen molar-refractivity contribution in [1.29, 1.82) is 0 Å². The van der Waals surface area contributed by atoms with Gasteiger partial charge in [-0.3, -0.25) is 14.9 Å². The minimum Gasteiger partial charge on any atom is -0.481 e. The lowest BCUT2D eigenvalue weighted by molar-refractivity contribution is -0.384. The number of ether oxygens (including phenoxy) is 2. The summed E-state index contributed by atoms with van der Waals surface area (Å²) in [7, 11) is 3.00. The molecule has 0 radical (unpaired) electrons. The highest BCUT2D eigenvalue weighted by atomic mass is 16.6. The van der Waals surface area contributed by atoms with E-state index in [0.717, 1.165) is 0 Å². The van der Waals surface area contributed by atoms with Crippen LogP contribution in [0.25, 0.3) is 22.4 Å². The zero-order chi connectivity index (χ0) is 22.7. The molecule has 0 saturated heterocycles. The quantitative estimate of drug-likeness (QED) is 0.333. The molecular weight excluding hydrogens is 412 g/mol. The van der Waals surface area contributed by atoms with Crippen LogP contribution in [0, 0.1) is 10.1 Å². The maximum absolute atomic E-state index is 12.4. The van der Waals surface area contributed by atoms with Crippen LogP contribution < -0.4 is 15.0 Å². The molecule has 4 rings (SSSR count). The summed E-state index contributed by atoms with van der Waals surface area (Å²) in [6.07, 6.45) is 1.55. The molecule has 2 aromatic carbocycles. The van der Waals surface area contributed by atoms with E-state index in [2.05, 4.69) is 10.1 Å². The second kappa shape index (κ2) is 8.68. The molecule has 0 aliphatic heterocycles. The van der Waals surface area contributed by atoms with Crippen molar-refractivity contribution in [3.8, 4) is 39.8 Å². The first kappa shape index (κ1) is 20.7. The van der Waals surface area contributed by atoms with Crippen LogP contribution in [0.5, 0.6) is 17.4 Å². The summed E-state index contributed by atoms with van der Waals surface area (Å²) in [4.78, 5) is 27.5. The van der Waals surface area contributed by atoms with Gasteiger partial charge in [0.2, 0.25) is 5.88 Å². The summed E-state index contributed by atoms with van der Waals surface area (Å²) in [6.45, 7) is 0. The smallest absolute Gasteiger partial charge is 0.270 e. The zero-order valence-corrected chi connectivity index (χ0v) is 17.3. The Hall–Kier alpha value is -4.53. The van der Waals surface area contributed by atoms with Crippen molar-refractivity contribution in [2.45, 2.75) is 0 Å². The Balaban J connectivity index is 1.97. The number of hydrogen-bond donors (Lipinski definition) is 0. The van der Waals surface area contributed by atoms with Crippen molar-refractivity contribution >= 4 is 5.69 Å². The number of para-hydroxylation sites is 1. The molecule has 4 aromatic rings. The number of non-ortho nitro benzene ring substituents is 1. The van der Waals surface area contributed by atoms with Crippen molar-refractivity contribution < 1.29 is 14.4 Å². The summed E-state index contributed by atoms with van der Waals surface area (Å²) in [5.41, 5.74) is 1.32. The molecule has 32 heavy (non-hydrogen) atoms. The van der Waals surface area contributed by atoms with E-state index in [0.29, 0.717) is 39.8 Å². The monoisotopic (exact) mass is 430 g/mol. The maximum atomic E-state index is 12.4. The minimum atomic E-state index is -0.493. The van der Waals surface area contributed by atoms with Crippen LogP contribution in [0.2, 0.25) is 0 Å². The number of nitro groups is 1. The number of rotatable bonds is 6. The molecule has 9 heteroatoms. The van der Waals surface area contributed by atoms with Gasteiger partial charge in [0, 0.05) is 43.1 Å². The molecule has 0 atom stereocenters. The average molecular weight is 430 g/mol. The van der Waals surface area contributed by atoms with Crippen molar-refractivity contribution in [3.63, 3.8) is 0 Å². The topological polar surface area (TPSA) is 109 Å². The standard InChI is InChI=1S/C23H18N4O5/c1-26-22(28)14-18(15-10-11-24-21(12-15)31-2)23(25-26)19-13-16(27(29)30)8-9-20(19)32-17-6-4-3-5-7-17/h3-14H,1-2H3. The van der Waals surface area contributed by atoms with Crippen LogP contribution in [0.15, 0.2) is 77.7 Å². The molecule has 0 N–H and O–H groups in total. The molecule has 2 aromatic heterocycles. The largest absolute Gasteiger partial charge is 0.481 e. The summed E-state index contributed by atoms with van der Waals surface area (Å²) >= 11 is 0. The lowest BCUT2D eigenvalue weighted by Crippen LogP contribution is -2.19. The Morgan fingerprint density at radius 1 is 1.00 bits per heavy atom. The Morgan fingerprint density at radius 2 is 1.78 bits per heavy atom. The molecule has 2 heterocycles. The van der Waals surface area contributed by atoms with Gasteiger partial charge in [0.1, 0.15) is 17.2 Å². The average Bonchev–Trinajstić information content (AvgIpc) is 2.81. The second-order valence-corrected chi connectivity index (χ2v) is 6.81. The van der Waals surface area contributed by atoms with Crippen molar-refractivity contribution in [2.24, 2.45) is 7.05 Å². The predicted molar refractivity (Wildman–Crippen MR) is 118 cm³/mol. The van der Waals surface area contributed by atoms with Crippen molar-refractivity contribution in [3.05, 3.63) is 93.4 Å². The number of nitro benzene ring substituents is 1. The lowest BCUT2D eigenvalue weighted by atomic mass is 9.99. The Morgan fingerprint density at radius 3 is 2.50 bits per heavy atom. The highest BCUT2D eigenvalue weighted by Gasteiger charge is 2.20. The number of aromatic nitrogens is 3. The van der Waals surface area contributed by atoms with Crippen molar-refractivity contribution in [2.75, 3.05) is 7.11 Å². The molecule has 0 bridgehead atoms. The molecule has 0 saturated carbocycles. The van der Waals surface area contributed by atoms with Gasteiger partial charge in [0.15, 0.2) is 0 Å². The number of nitrogens with zero attached hydrogens (tertiary/aromatic N) is 4. The minimum absolute atomic E-state index is 0.130. The predicted octanol–water partition coefficient (Wildman–Crippen LogP) is 4.22. The van der Waals surface area contributed by atoms with Gasteiger partial charge < -0.3 is 9.47 Å². The van der Waals surface area contributed by atoms with Crippen LogP contribution in [0.1, 0.15) is 0 Å². The fourth-order valence-electron chi connectivity index (χ4n) is 3.17. The van der Waals surface area contributed by atoms with E-state index in [-0.39, 0.29) is 11.2 Å². The van der Waals surface area contributed by atoms with Crippen LogP contribution in [0.4, 0.5) is 5.69 Å². The number of pyridine rings is 1. The van der Waals surface area contributed by atoms with Crippen LogP contribution in [-0.4, -0.2) is 26.8 Å². The highest BCUT2D eigenvalue weighted by molar-refractivity contribution is 5.84. The van der Waals surface area contributed by atoms with Gasteiger partial charge in [0.25, 0.3) is 11.2 Å². The fraction of sp³-hybridized carbons (Fsp3) is 0.0870. The first-order chi connectivity index (χ1) is 15.5. The van der Waals surface area contributed by atoms with E-state index < -0.39 is 4.92 Å². The Kier molecular flexibility index (Phi) is 5.63. The van der Waals surface area contributed by atoms with Gasteiger partial charge >= 0.3 is 0 Å². The third kappa shape index (κ3) is 4.17. The molecule has 0 aliphatic carbocycles. The number of methoxy groups -OCH3 is 1. The Labute approximate surface area is 182 Å². The van der Waals surface area contributed by atoms with E-state index in [1.54, 1.807) is 30.5 Å². The molecule has 0 unspecified atom stereocenters. The van der Waals surface area contributed by atoms with Gasteiger partial charge in [0.05, 0.1) is 17.6 Å². The van der Waals surface area contributed by atoms with Gasteiger partial charge in [-0.05, 0) is 29.8 Å². The van der Waals surface area contributed by atoms with Gasteiger partial charge in [-0.15, -0.1) is 0 Å². The molecule has 0 fully saturated rings. The molecule has 0 amide bonds. The first-order valence-electron chi connectivity index (χ1n) is 9.57. The van der Waals surface area contributed by atoms with E-state index in [1.165, 1.54) is 43.1 Å². The maximum Gasteiger partial charge on any atom is 0.270 e. The second-order valence-electron chi connectivity index (χ2n) is 6.81. The molecular formula is C23H18N4O5. The molecule has 160 valence electrons. The number of hydrogen-bond acceptors (Lipinski definition) is 7. The van der Waals surface area contributed by atoms with E-state index in [9.17, 15) is 14.9 Å². The SMILES string of the molecule is COc1cc(-c2cc(=O)n(C)nc2-c2cc([N+](=O)[O-])ccc2Oc2ccccc2)ccn1. The molecule has 0 spiro atoms. The van der Waals surface area contributed by atoms with Gasteiger partial charge in [-0.2, -0.15) is 5.10 Å². The highest BCUT2D eigenvalue weighted by Crippen LogP contribution is 2.39. The molecule has 9 nitrogen and oxygen atoms in total. The molecule has 0 aliphatic rings. The van der Waals surface area contributed by atoms with Crippen molar-refractivity contribution in [1.82, 2.24) is 14.8 Å². The van der Waals surface area contributed by atoms with E-state index >= 15 is 0 Å². The van der Waals surface area contributed by atoms with Crippen LogP contribution >= 0.6 is 0 Å². The van der Waals surface area contributed by atoms with Crippen LogP contribution in [-0.2, 0) is 7.05 Å². The fourth-order valence-corrected chi connectivity index (χ4v) is 3.17. The third-order valence-corrected chi connectivity index (χ3v) is 4.75. The third-order valence-electron chi connectivity index (χ3n) is 4.75.